The van der Waals surface area contributed by atoms with Gasteiger partial charge in [0.05, 0.1) is 17.3 Å². The summed E-state index contributed by atoms with van der Waals surface area (Å²) >= 11 is 0. The Morgan fingerprint density at radius 3 is 2.93 bits per heavy atom. The average molecular weight is 184 g/mol. The van der Waals surface area contributed by atoms with Crippen molar-refractivity contribution in [2.75, 3.05) is 0 Å². The maximum absolute atomic E-state index is 8.85. The van der Waals surface area contributed by atoms with Crippen LogP contribution in [0.4, 0.5) is 0 Å². The van der Waals surface area contributed by atoms with E-state index in [1.807, 2.05) is 19.1 Å². The van der Waals surface area contributed by atoms with Gasteiger partial charge in [-0.3, -0.25) is 0 Å². The lowest BCUT2D eigenvalue weighted by atomic mass is 10.1. The van der Waals surface area contributed by atoms with Gasteiger partial charge in [-0.1, -0.05) is 6.07 Å². The largest absolute Gasteiger partial charge is 0.223 e. The molecule has 4 heteroatoms. The first-order chi connectivity index (χ1) is 6.83. The van der Waals surface area contributed by atoms with E-state index < -0.39 is 0 Å². The van der Waals surface area contributed by atoms with E-state index >= 15 is 0 Å². The molecule has 2 aromatic rings. The molecule has 0 atom stereocenters. The number of hydrogen-bond donors (Lipinski definition) is 0. The van der Waals surface area contributed by atoms with Gasteiger partial charge in [0.25, 0.3) is 0 Å². The van der Waals surface area contributed by atoms with Crippen molar-refractivity contribution < 1.29 is 0 Å². The van der Waals surface area contributed by atoms with Crippen molar-refractivity contribution in [3.8, 4) is 11.8 Å². The summed E-state index contributed by atoms with van der Waals surface area (Å²) in [4.78, 5) is 3.86. The van der Waals surface area contributed by atoms with Gasteiger partial charge in [-0.2, -0.15) is 10.4 Å². The Morgan fingerprint density at radius 1 is 1.43 bits per heavy atom. The average Bonchev–Trinajstić information content (AvgIpc) is 2.71. The molecule has 4 nitrogen and oxygen atoms in total. The summed E-state index contributed by atoms with van der Waals surface area (Å²) < 4.78 is 1.65. The van der Waals surface area contributed by atoms with E-state index in [0.29, 0.717) is 5.56 Å². The number of nitrogens with zero attached hydrogens (tertiary/aromatic N) is 4. The highest BCUT2D eigenvalue weighted by Gasteiger charge is 2.04. The third kappa shape index (κ3) is 1.25. The number of benzene rings is 1. The van der Waals surface area contributed by atoms with Crippen LogP contribution in [0, 0.1) is 18.3 Å². The van der Waals surface area contributed by atoms with Gasteiger partial charge in [-0.15, -0.1) is 0 Å². The first-order valence-electron chi connectivity index (χ1n) is 4.17. The minimum atomic E-state index is 0.665. The van der Waals surface area contributed by atoms with Crippen LogP contribution in [-0.4, -0.2) is 14.8 Å². The fraction of sp³-hybridized carbons (Fsp3) is 0.100. The van der Waals surface area contributed by atoms with Crippen LogP contribution in [0.1, 0.15) is 11.1 Å². The lowest BCUT2D eigenvalue weighted by molar-refractivity contribution is 0.870. The van der Waals surface area contributed by atoms with Crippen molar-refractivity contribution in [3.63, 3.8) is 0 Å². The van der Waals surface area contributed by atoms with Crippen LogP contribution >= 0.6 is 0 Å². The Morgan fingerprint density at radius 2 is 2.29 bits per heavy atom. The molecule has 1 heterocycles. The summed E-state index contributed by atoms with van der Waals surface area (Å²) in [5.74, 6) is 0. The summed E-state index contributed by atoms with van der Waals surface area (Å²) in [6.07, 6.45) is 3.09. The summed E-state index contributed by atoms with van der Waals surface area (Å²) in [7, 11) is 0. The standard InChI is InChI=1S/C10H8N4/c1-8-9(5-11)3-2-4-10(8)14-7-12-6-13-14/h2-4,6-7H,1H3. The quantitative estimate of drug-likeness (QED) is 0.674. The summed E-state index contributed by atoms with van der Waals surface area (Å²) in [6, 6.07) is 7.67. The summed E-state index contributed by atoms with van der Waals surface area (Å²) in [5.41, 5.74) is 2.47. The second-order valence-electron chi connectivity index (χ2n) is 2.90. The van der Waals surface area contributed by atoms with Gasteiger partial charge in [0.1, 0.15) is 12.7 Å². The Labute approximate surface area is 81.4 Å². The molecule has 0 radical (unpaired) electrons. The molecule has 14 heavy (non-hydrogen) atoms. The normalized spacial score (nSPS) is 9.71. The second kappa shape index (κ2) is 3.30. The third-order valence-electron chi connectivity index (χ3n) is 2.09. The van der Waals surface area contributed by atoms with Crippen molar-refractivity contribution in [1.29, 1.82) is 5.26 Å². The number of rotatable bonds is 1. The van der Waals surface area contributed by atoms with E-state index in [0.717, 1.165) is 11.3 Å². The van der Waals surface area contributed by atoms with E-state index in [9.17, 15) is 0 Å². The maximum Gasteiger partial charge on any atom is 0.138 e. The fourth-order valence-corrected chi connectivity index (χ4v) is 1.33. The highest BCUT2D eigenvalue weighted by Crippen LogP contribution is 2.15. The molecule has 0 N–H and O–H groups in total. The van der Waals surface area contributed by atoms with Crippen LogP contribution in [0.25, 0.3) is 5.69 Å². The van der Waals surface area contributed by atoms with Gasteiger partial charge >= 0.3 is 0 Å². The van der Waals surface area contributed by atoms with Crippen molar-refractivity contribution in [2.24, 2.45) is 0 Å². The van der Waals surface area contributed by atoms with E-state index in [-0.39, 0.29) is 0 Å². The molecule has 0 amide bonds. The van der Waals surface area contributed by atoms with Crippen molar-refractivity contribution in [1.82, 2.24) is 14.8 Å². The molecule has 0 aliphatic carbocycles. The van der Waals surface area contributed by atoms with Crippen LogP contribution in [0.3, 0.4) is 0 Å². The molecule has 0 fully saturated rings. The van der Waals surface area contributed by atoms with Gasteiger partial charge in [0, 0.05) is 0 Å². The lowest BCUT2D eigenvalue weighted by Gasteiger charge is -2.05. The summed E-state index contributed by atoms with van der Waals surface area (Å²) in [6.45, 7) is 1.90. The molecule has 0 saturated carbocycles. The van der Waals surface area contributed by atoms with Crippen LogP contribution < -0.4 is 0 Å². The van der Waals surface area contributed by atoms with E-state index in [1.54, 1.807) is 17.1 Å². The highest BCUT2D eigenvalue weighted by atomic mass is 15.3. The van der Waals surface area contributed by atoms with Gasteiger partial charge in [-0.05, 0) is 24.6 Å². The molecule has 0 aliphatic rings. The molecular weight excluding hydrogens is 176 g/mol. The molecule has 0 spiro atoms. The Balaban J connectivity index is 2.61. The molecule has 1 aromatic heterocycles. The van der Waals surface area contributed by atoms with Crippen molar-refractivity contribution in [3.05, 3.63) is 42.0 Å². The molecule has 0 unspecified atom stereocenters. The number of hydrogen-bond acceptors (Lipinski definition) is 3. The predicted molar refractivity (Wildman–Crippen MR) is 50.8 cm³/mol. The van der Waals surface area contributed by atoms with Crippen molar-refractivity contribution >= 4 is 0 Å². The zero-order valence-electron chi connectivity index (χ0n) is 7.68. The van der Waals surface area contributed by atoms with E-state index in [2.05, 4.69) is 16.2 Å². The van der Waals surface area contributed by atoms with Crippen LogP contribution in [0.5, 0.6) is 0 Å². The summed E-state index contributed by atoms with van der Waals surface area (Å²) in [5, 5.41) is 12.9. The Bertz CT molecular complexity index is 479. The third-order valence-corrected chi connectivity index (χ3v) is 2.09. The lowest BCUT2D eigenvalue weighted by Crippen LogP contribution is -1.98. The minimum absolute atomic E-state index is 0.665. The zero-order chi connectivity index (χ0) is 9.97. The van der Waals surface area contributed by atoms with Crippen LogP contribution in [-0.2, 0) is 0 Å². The molecule has 0 saturated heterocycles. The fourth-order valence-electron chi connectivity index (χ4n) is 1.33. The molecule has 0 aliphatic heterocycles. The van der Waals surface area contributed by atoms with E-state index in [4.69, 9.17) is 5.26 Å². The predicted octanol–water partition coefficient (Wildman–Crippen LogP) is 1.45. The maximum atomic E-state index is 8.85. The number of nitriles is 1. The Hall–Kier alpha value is -2.15. The highest BCUT2D eigenvalue weighted by molar-refractivity contribution is 5.49. The smallest absolute Gasteiger partial charge is 0.138 e. The SMILES string of the molecule is Cc1c(C#N)cccc1-n1cncn1. The van der Waals surface area contributed by atoms with Gasteiger partial charge in [0.15, 0.2) is 0 Å². The van der Waals surface area contributed by atoms with Crippen LogP contribution in [0.2, 0.25) is 0 Å². The van der Waals surface area contributed by atoms with Gasteiger partial charge in [-0.25, -0.2) is 9.67 Å². The first kappa shape index (κ1) is 8.45. The van der Waals surface area contributed by atoms with Gasteiger partial charge in [0.2, 0.25) is 0 Å². The Kier molecular flexibility index (Phi) is 1.99. The monoisotopic (exact) mass is 184 g/mol. The van der Waals surface area contributed by atoms with Crippen molar-refractivity contribution in [2.45, 2.75) is 6.92 Å². The molecule has 68 valence electrons. The van der Waals surface area contributed by atoms with Crippen LogP contribution in [0.15, 0.2) is 30.9 Å². The molecular formula is C10H8N4. The van der Waals surface area contributed by atoms with Gasteiger partial charge < -0.3 is 0 Å². The topological polar surface area (TPSA) is 54.5 Å². The zero-order valence-corrected chi connectivity index (χ0v) is 7.68. The minimum Gasteiger partial charge on any atom is -0.223 e. The van der Waals surface area contributed by atoms with E-state index in [1.165, 1.54) is 6.33 Å². The second-order valence-corrected chi connectivity index (χ2v) is 2.90. The molecule has 1 aromatic carbocycles. The number of aromatic nitrogens is 3. The molecule has 0 bridgehead atoms. The first-order valence-corrected chi connectivity index (χ1v) is 4.17. The molecule has 2 rings (SSSR count).